The summed E-state index contributed by atoms with van der Waals surface area (Å²) in [6.07, 6.45) is 0.637. The number of nitrogens with zero attached hydrogens (tertiary/aromatic N) is 1. The molecule has 0 atom stereocenters. The van der Waals surface area contributed by atoms with Gasteiger partial charge in [-0.3, -0.25) is 4.79 Å². The van der Waals surface area contributed by atoms with Gasteiger partial charge in [-0.05, 0) is 18.1 Å². The third-order valence-corrected chi connectivity index (χ3v) is 2.83. The van der Waals surface area contributed by atoms with Crippen molar-refractivity contribution in [2.75, 3.05) is 14.1 Å². The lowest BCUT2D eigenvalue weighted by Crippen LogP contribution is -2.21. The average molecular weight is 234 g/mol. The van der Waals surface area contributed by atoms with Crippen LogP contribution >= 0.6 is 0 Å². The molecule has 4 heteroatoms. The summed E-state index contributed by atoms with van der Waals surface area (Å²) in [4.78, 5) is 16.1. The third kappa shape index (κ3) is 1.90. The van der Waals surface area contributed by atoms with Crippen LogP contribution in [0.1, 0.15) is 23.0 Å². The highest BCUT2D eigenvalue weighted by Gasteiger charge is 2.14. The lowest BCUT2D eigenvalue weighted by atomic mass is 10.1. The zero-order chi connectivity index (χ0) is 12.6. The highest BCUT2D eigenvalue weighted by molar-refractivity contribution is 5.98. The van der Waals surface area contributed by atoms with Crippen molar-refractivity contribution >= 4 is 16.8 Å². The van der Waals surface area contributed by atoms with Crippen LogP contribution < -0.4 is 0 Å². The summed E-state index contributed by atoms with van der Waals surface area (Å²) in [5.74, 6) is -0.415. The number of rotatable bonds is 2. The molecule has 1 N–H and O–H groups in total. The maximum Gasteiger partial charge on any atom is 0.269 e. The van der Waals surface area contributed by atoms with Crippen LogP contribution in [0.25, 0.3) is 10.9 Å². The molecule has 2 rings (SSSR count). The molecule has 1 aromatic heterocycles. The van der Waals surface area contributed by atoms with Gasteiger partial charge in [0.15, 0.2) is 0 Å². The molecule has 0 saturated heterocycles. The molecule has 1 heterocycles. The Morgan fingerprint density at radius 1 is 1.41 bits per heavy atom. The summed E-state index contributed by atoms with van der Waals surface area (Å²) < 4.78 is 14.0. The van der Waals surface area contributed by atoms with Crippen molar-refractivity contribution < 1.29 is 9.18 Å². The number of nitrogens with one attached hydrogen (secondary N) is 1. The molecular formula is C13H15FN2O. The quantitative estimate of drug-likeness (QED) is 0.851. The summed E-state index contributed by atoms with van der Waals surface area (Å²) in [5.41, 5.74) is 1.48. The molecule has 0 spiro atoms. The second kappa shape index (κ2) is 4.20. The molecule has 17 heavy (non-hydrogen) atoms. The van der Waals surface area contributed by atoms with Gasteiger partial charge in [-0.25, -0.2) is 4.39 Å². The molecule has 90 valence electrons. The number of hydrogen-bond donors (Lipinski definition) is 1. The molecule has 0 bridgehead atoms. The van der Waals surface area contributed by atoms with E-state index < -0.39 is 0 Å². The van der Waals surface area contributed by atoms with E-state index >= 15 is 0 Å². The Balaban J connectivity index is 2.58. The van der Waals surface area contributed by atoms with E-state index in [2.05, 4.69) is 4.98 Å². The first kappa shape index (κ1) is 11.6. The lowest BCUT2D eigenvalue weighted by molar-refractivity contribution is 0.0823. The number of amides is 1. The molecule has 0 saturated carbocycles. The Kier molecular flexibility index (Phi) is 2.88. The van der Waals surface area contributed by atoms with E-state index in [4.69, 9.17) is 0 Å². The monoisotopic (exact) mass is 234 g/mol. The van der Waals surface area contributed by atoms with Crippen LogP contribution in [-0.2, 0) is 6.42 Å². The van der Waals surface area contributed by atoms with Crippen molar-refractivity contribution in [3.8, 4) is 0 Å². The maximum atomic E-state index is 14.0. The highest BCUT2D eigenvalue weighted by Crippen LogP contribution is 2.22. The van der Waals surface area contributed by atoms with Crippen molar-refractivity contribution in [3.05, 3.63) is 35.3 Å². The van der Waals surface area contributed by atoms with Crippen molar-refractivity contribution in [3.63, 3.8) is 0 Å². The second-order valence-electron chi connectivity index (χ2n) is 4.24. The Labute approximate surface area is 99.2 Å². The van der Waals surface area contributed by atoms with Gasteiger partial charge in [0.1, 0.15) is 11.5 Å². The van der Waals surface area contributed by atoms with Crippen LogP contribution in [0.15, 0.2) is 18.2 Å². The predicted octanol–water partition coefficient (Wildman–Crippen LogP) is 2.57. The molecule has 1 aromatic carbocycles. The van der Waals surface area contributed by atoms with Crippen LogP contribution in [-0.4, -0.2) is 29.9 Å². The largest absolute Gasteiger partial charge is 0.348 e. The lowest BCUT2D eigenvalue weighted by Gasteiger charge is -2.07. The summed E-state index contributed by atoms with van der Waals surface area (Å²) in [6, 6.07) is 5.27. The zero-order valence-electron chi connectivity index (χ0n) is 10.2. The molecule has 0 fully saturated rings. The number of aryl methyl sites for hydroxylation is 1. The molecule has 0 unspecified atom stereocenters. The SMILES string of the molecule is CCc1ccc2cc(C(=O)N(C)C)[nH]c2c1F. The normalized spacial score (nSPS) is 10.8. The maximum absolute atomic E-state index is 14.0. The van der Waals surface area contributed by atoms with Crippen molar-refractivity contribution in [1.82, 2.24) is 9.88 Å². The van der Waals surface area contributed by atoms with Gasteiger partial charge >= 0.3 is 0 Å². The minimum atomic E-state index is -0.261. The minimum absolute atomic E-state index is 0.154. The topological polar surface area (TPSA) is 36.1 Å². The first-order valence-electron chi connectivity index (χ1n) is 5.56. The number of aromatic amines is 1. The van der Waals surface area contributed by atoms with Crippen molar-refractivity contribution in [2.45, 2.75) is 13.3 Å². The molecule has 0 radical (unpaired) electrons. The Morgan fingerprint density at radius 3 is 2.71 bits per heavy atom. The first-order chi connectivity index (χ1) is 8.04. The van der Waals surface area contributed by atoms with Gasteiger partial charge in [-0.2, -0.15) is 0 Å². The molecule has 0 aliphatic rings. The zero-order valence-corrected chi connectivity index (χ0v) is 10.2. The number of H-pyrrole nitrogens is 1. The van der Waals surface area contributed by atoms with Crippen molar-refractivity contribution in [1.29, 1.82) is 0 Å². The van der Waals surface area contributed by atoms with Crippen LogP contribution in [0.5, 0.6) is 0 Å². The number of carbonyl (C=O) groups excluding carboxylic acids is 1. The highest BCUT2D eigenvalue weighted by atomic mass is 19.1. The van der Waals surface area contributed by atoms with Crippen LogP contribution in [0.3, 0.4) is 0 Å². The summed E-state index contributed by atoms with van der Waals surface area (Å²) in [5, 5.41) is 0.727. The van der Waals surface area contributed by atoms with Gasteiger partial charge in [0, 0.05) is 19.5 Å². The van der Waals surface area contributed by atoms with E-state index in [1.165, 1.54) is 4.90 Å². The van der Waals surface area contributed by atoms with E-state index in [0.717, 1.165) is 5.39 Å². The minimum Gasteiger partial charge on any atom is -0.348 e. The molecular weight excluding hydrogens is 219 g/mol. The molecule has 2 aromatic rings. The smallest absolute Gasteiger partial charge is 0.269 e. The number of hydrogen-bond acceptors (Lipinski definition) is 1. The molecule has 3 nitrogen and oxygen atoms in total. The summed E-state index contributed by atoms with van der Waals surface area (Å²) in [7, 11) is 3.34. The fourth-order valence-corrected chi connectivity index (χ4v) is 1.84. The average Bonchev–Trinajstić information content (AvgIpc) is 2.73. The number of fused-ring (bicyclic) bond motifs is 1. The first-order valence-corrected chi connectivity index (χ1v) is 5.56. The van der Waals surface area contributed by atoms with Gasteiger partial charge < -0.3 is 9.88 Å². The van der Waals surface area contributed by atoms with Crippen LogP contribution in [0.2, 0.25) is 0 Å². The fraction of sp³-hybridized carbons (Fsp3) is 0.308. The fourth-order valence-electron chi connectivity index (χ4n) is 1.84. The summed E-state index contributed by atoms with van der Waals surface area (Å²) in [6.45, 7) is 1.90. The standard InChI is InChI=1S/C13H15FN2O/c1-4-8-5-6-9-7-10(13(17)16(2)3)15-12(9)11(8)14/h5-7,15H,4H2,1-3H3. The van der Waals surface area contributed by atoms with Gasteiger partial charge in [0.05, 0.1) is 5.52 Å². The van der Waals surface area contributed by atoms with Crippen LogP contribution in [0.4, 0.5) is 4.39 Å². The molecule has 0 aliphatic carbocycles. The van der Waals surface area contributed by atoms with E-state index in [1.54, 1.807) is 26.2 Å². The Hall–Kier alpha value is -1.84. The van der Waals surface area contributed by atoms with E-state index in [-0.39, 0.29) is 11.7 Å². The van der Waals surface area contributed by atoms with Gasteiger partial charge in [0.2, 0.25) is 0 Å². The predicted molar refractivity (Wildman–Crippen MR) is 65.7 cm³/mol. The number of benzene rings is 1. The van der Waals surface area contributed by atoms with Gasteiger partial charge in [0.25, 0.3) is 5.91 Å². The van der Waals surface area contributed by atoms with E-state index in [9.17, 15) is 9.18 Å². The number of carbonyl (C=O) groups is 1. The second-order valence-corrected chi connectivity index (χ2v) is 4.24. The third-order valence-electron chi connectivity index (χ3n) is 2.83. The van der Waals surface area contributed by atoms with E-state index in [1.807, 2.05) is 13.0 Å². The number of aromatic nitrogens is 1. The summed E-state index contributed by atoms with van der Waals surface area (Å²) >= 11 is 0. The van der Waals surface area contributed by atoms with E-state index in [0.29, 0.717) is 23.2 Å². The van der Waals surface area contributed by atoms with Crippen molar-refractivity contribution in [2.24, 2.45) is 0 Å². The Bertz CT molecular complexity index is 572. The number of halogens is 1. The van der Waals surface area contributed by atoms with Gasteiger partial charge in [-0.15, -0.1) is 0 Å². The molecule has 0 aliphatic heterocycles. The van der Waals surface area contributed by atoms with Gasteiger partial charge in [-0.1, -0.05) is 19.1 Å². The molecule has 1 amide bonds. The van der Waals surface area contributed by atoms with Crippen LogP contribution in [0, 0.1) is 5.82 Å². The Morgan fingerprint density at radius 2 is 2.12 bits per heavy atom.